The first-order chi connectivity index (χ1) is 6.59. The second-order valence-corrected chi connectivity index (χ2v) is 4.24. The summed E-state index contributed by atoms with van der Waals surface area (Å²) in [6, 6.07) is 0.484. The highest BCUT2D eigenvalue weighted by molar-refractivity contribution is 5.75. The Kier molecular flexibility index (Phi) is 4.35. The Hall–Kier alpha value is -0.610. The molecule has 0 aromatic rings. The van der Waals surface area contributed by atoms with Crippen molar-refractivity contribution in [3.8, 4) is 0 Å². The van der Waals surface area contributed by atoms with Crippen molar-refractivity contribution < 1.29 is 4.79 Å². The van der Waals surface area contributed by atoms with Gasteiger partial charge in [-0.2, -0.15) is 0 Å². The smallest absolute Gasteiger partial charge is 0.222 e. The molecule has 0 aromatic heterocycles. The molecular formula is C10H21N3O. The maximum Gasteiger partial charge on any atom is 0.222 e. The molecule has 1 aliphatic heterocycles. The molecule has 82 valence electrons. The third-order valence-corrected chi connectivity index (χ3v) is 2.66. The van der Waals surface area contributed by atoms with Gasteiger partial charge in [0.25, 0.3) is 0 Å². The number of rotatable bonds is 3. The first kappa shape index (κ1) is 11.5. The molecule has 1 unspecified atom stereocenters. The molecule has 0 aliphatic carbocycles. The average molecular weight is 199 g/mol. The van der Waals surface area contributed by atoms with E-state index in [1.165, 1.54) is 0 Å². The standard InChI is InChI=1S/C10H21N3O/c1-12(2)10(14)5-4-9-8-13(3)7-6-11-9/h9,11H,4-8H2,1-3H3. The molecule has 1 rings (SSSR count). The Morgan fingerprint density at radius 3 is 2.86 bits per heavy atom. The maximum absolute atomic E-state index is 11.4. The van der Waals surface area contributed by atoms with Crippen molar-refractivity contribution in [2.24, 2.45) is 0 Å². The Balaban J connectivity index is 2.20. The second-order valence-electron chi connectivity index (χ2n) is 4.24. The molecule has 4 heteroatoms. The molecule has 1 fully saturated rings. The molecule has 0 bridgehead atoms. The average Bonchev–Trinajstić information content (AvgIpc) is 2.14. The van der Waals surface area contributed by atoms with Crippen molar-refractivity contribution in [1.29, 1.82) is 0 Å². The molecule has 0 spiro atoms. The highest BCUT2D eigenvalue weighted by atomic mass is 16.2. The molecule has 1 atom stereocenters. The van der Waals surface area contributed by atoms with Gasteiger partial charge in [-0.15, -0.1) is 0 Å². The van der Waals surface area contributed by atoms with Gasteiger partial charge in [0, 0.05) is 46.2 Å². The van der Waals surface area contributed by atoms with Crippen molar-refractivity contribution in [2.75, 3.05) is 40.8 Å². The van der Waals surface area contributed by atoms with E-state index in [9.17, 15) is 4.79 Å². The topological polar surface area (TPSA) is 35.6 Å². The van der Waals surface area contributed by atoms with Crippen LogP contribution in [-0.4, -0.2) is 62.5 Å². The minimum absolute atomic E-state index is 0.222. The van der Waals surface area contributed by atoms with E-state index in [0.29, 0.717) is 12.5 Å². The van der Waals surface area contributed by atoms with Crippen LogP contribution in [0, 0.1) is 0 Å². The summed E-state index contributed by atoms with van der Waals surface area (Å²) in [5.41, 5.74) is 0. The van der Waals surface area contributed by atoms with E-state index in [0.717, 1.165) is 26.1 Å². The van der Waals surface area contributed by atoms with Crippen LogP contribution in [-0.2, 0) is 4.79 Å². The molecule has 4 nitrogen and oxygen atoms in total. The van der Waals surface area contributed by atoms with E-state index >= 15 is 0 Å². The summed E-state index contributed by atoms with van der Waals surface area (Å²) in [7, 11) is 5.74. The summed E-state index contributed by atoms with van der Waals surface area (Å²) in [5.74, 6) is 0.222. The number of piperazine rings is 1. The Bertz CT molecular complexity index is 194. The van der Waals surface area contributed by atoms with Crippen LogP contribution in [0.3, 0.4) is 0 Å². The van der Waals surface area contributed by atoms with Crippen LogP contribution in [0.2, 0.25) is 0 Å². The predicted octanol–water partition coefficient (Wildman–Crippen LogP) is -0.242. The molecular weight excluding hydrogens is 178 g/mol. The molecule has 1 amide bonds. The Morgan fingerprint density at radius 2 is 2.29 bits per heavy atom. The fourth-order valence-corrected chi connectivity index (χ4v) is 1.71. The Morgan fingerprint density at radius 1 is 1.57 bits per heavy atom. The number of likely N-dealkylation sites (N-methyl/N-ethyl adjacent to an activating group) is 1. The fraction of sp³-hybridized carbons (Fsp3) is 0.900. The number of amides is 1. The lowest BCUT2D eigenvalue weighted by atomic mass is 10.1. The van der Waals surface area contributed by atoms with E-state index in [-0.39, 0.29) is 5.91 Å². The maximum atomic E-state index is 11.4. The van der Waals surface area contributed by atoms with E-state index in [2.05, 4.69) is 17.3 Å². The Labute approximate surface area is 86.2 Å². The van der Waals surface area contributed by atoms with Crippen LogP contribution >= 0.6 is 0 Å². The normalized spacial score (nSPS) is 23.5. The minimum Gasteiger partial charge on any atom is -0.349 e. The largest absolute Gasteiger partial charge is 0.349 e. The predicted molar refractivity (Wildman–Crippen MR) is 57.2 cm³/mol. The van der Waals surface area contributed by atoms with Crippen LogP contribution in [0.25, 0.3) is 0 Å². The first-order valence-electron chi connectivity index (χ1n) is 5.21. The zero-order valence-corrected chi connectivity index (χ0v) is 9.42. The minimum atomic E-state index is 0.222. The molecule has 0 saturated carbocycles. The van der Waals surface area contributed by atoms with Gasteiger partial charge in [0.1, 0.15) is 0 Å². The van der Waals surface area contributed by atoms with E-state index in [1.54, 1.807) is 4.90 Å². The van der Waals surface area contributed by atoms with Crippen LogP contribution in [0.4, 0.5) is 0 Å². The molecule has 1 saturated heterocycles. The zero-order chi connectivity index (χ0) is 10.6. The summed E-state index contributed by atoms with van der Waals surface area (Å²) in [5, 5.41) is 3.43. The number of carbonyl (C=O) groups excluding carboxylic acids is 1. The second kappa shape index (κ2) is 5.32. The highest BCUT2D eigenvalue weighted by Crippen LogP contribution is 2.04. The summed E-state index contributed by atoms with van der Waals surface area (Å²) in [4.78, 5) is 15.3. The lowest BCUT2D eigenvalue weighted by molar-refractivity contribution is -0.128. The van der Waals surface area contributed by atoms with E-state index in [4.69, 9.17) is 0 Å². The highest BCUT2D eigenvalue weighted by Gasteiger charge is 2.17. The van der Waals surface area contributed by atoms with Gasteiger partial charge in [0.15, 0.2) is 0 Å². The summed E-state index contributed by atoms with van der Waals surface area (Å²) < 4.78 is 0. The number of hydrogen-bond donors (Lipinski definition) is 1. The van der Waals surface area contributed by atoms with Crippen LogP contribution < -0.4 is 5.32 Å². The SMILES string of the molecule is CN1CCNC(CCC(=O)N(C)C)C1. The first-order valence-corrected chi connectivity index (χ1v) is 5.21. The van der Waals surface area contributed by atoms with Crippen molar-refractivity contribution in [2.45, 2.75) is 18.9 Å². The van der Waals surface area contributed by atoms with Gasteiger partial charge in [0.05, 0.1) is 0 Å². The van der Waals surface area contributed by atoms with Crippen LogP contribution in [0.5, 0.6) is 0 Å². The third kappa shape index (κ3) is 3.64. The molecule has 1 heterocycles. The number of carbonyl (C=O) groups is 1. The van der Waals surface area contributed by atoms with Gasteiger partial charge >= 0.3 is 0 Å². The molecule has 1 N–H and O–H groups in total. The molecule has 14 heavy (non-hydrogen) atoms. The molecule has 1 aliphatic rings. The van der Waals surface area contributed by atoms with Gasteiger partial charge in [0.2, 0.25) is 5.91 Å². The lowest BCUT2D eigenvalue weighted by Crippen LogP contribution is -2.49. The van der Waals surface area contributed by atoms with E-state index in [1.807, 2.05) is 14.1 Å². The van der Waals surface area contributed by atoms with Gasteiger partial charge in [-0.1, -0.05) is 0 Å². The van der Waals surface area contributed by atoms with Gasteiger partial charge < -0.3 is 15.1 Å². The number of nitrogens with one attached hydrogen (secondary N) is 1. The van der Waals surface area contributed by atoms with Crippen molar-refractivity contribution in [3.05, 3.63) is 0 Å². The summed E-state index contributed by atoms with van der Waals surface area (Å²) in [6.45, 7) is 3.20. The van der Waals surface area contributed by atoms with Crippen molar-refractivity contribution in [1.82, 2.24) is 15.1 Å². The van der Waals surface area contributed by atoms with E-state index < -0.39 is 0 Å². The van der Waals surface area contributed by atoms with Gasteiger partial charge in [-0.25, -0.2) is 0 Å². The van der Waals surface area contributed by atoms with Crippen molar-refractivity contribution >= 4 is 5.91 Å². The number of hydrogen-bond acceptors (Lipinski definition) is 3. The zero-order valence-electron chi connectivity index (χ0n) is 9.42. The molecule has 0 radical (unpaired) electrons. The van der Waals surface area contributed by atoms with Crippen molar-refractivity contribution in [3.63, 3.8) is 0 Å². The monoisotopic (exact) mass is 199 g/mol. The van der Waals surface area contributed by atoms with Gasteiger partial charge in [-0.05, 0) is 13.5 Å². The van der Waals surface area contributed by atoms with Crippen LogP contribution in [0.15, 0.2) is 0 Å². The fourth-order valence-electron chi connectivity index (χ4n) is 1.71. The molecule has 0 aromatic carbocycles. The lowest BCUT2D eigenvalue weighted by Gasteiger charge is -2.30. The van der Waals surface area contributed by atoms with Crippen LogP contribution in [0.1, 0.15) is 12.8 Å². The third-order valence-electron chi connectivity index (χ3n) is 2.66. The summed E-state index contributed by atoms with van der Waals surface area (Å²) in [6.07, 6.45) is 1.60. The van der Waals surface area contributed by atoms with Gasteiger partial charge in [-0.3, -0.25) is 4.79 Å². The quantitative estimate of drug-likeness (QED) is 0.681. The number of nitrogens with zero attached hydrogens (tertiary/aromatic N) is 2. The summed E-state index contributed by atoms with van der Waals surface area (Å²) >= 11 is 0.